The average molecular weight is 487 g/mol. The first-order chi connectivity index (χ1) is 14.8. The number of nitrogens with zero attached hydrogens (tertiary/aromatic N) is 2. The van der Waals surface area contributed by atoms with E-state index in [-0.39, 0.29) is 59.4 Å². The lowest BCUT2D eigenvalue weighted by atomic mass is 10.1. The van der Waals surface area contributed by atoms with Crippen LogP contribution in [-0.4, -0.2) is 55.9 Å². The summed E-state index contributed by atoms with van der Waals surface area (Å²) in [4.78, 5) is 14.7. The smallest absolute Gasteiger partial charge is 0.255 e. The molecule has 1 aliphatic carbocycles. The van der Waals surface area contributed by atoms with E-state index in [2.05, 4.69) is 0 Å². The van der Waals surface area contributed by atoms with Crippen LogP contribution in [0.25, 0.3) is 0 Å². The summed E-state index contributed by atoms with van der Waals surface area (Å²) >= 11 is 12.5. The summed E-state index contributed by atoms with van der Waals surface area (Å²) in [7, 11) is -3.93. The van der Waals surface area contributed by atoms with Crippen molar-refractivity contribution in [3.05, 3.63) is 63.4 Å². The number of hydrogen-bond acceptors (Lipinski definition) is 4. The molecule has 1 aliphatic heterocycles. The van der Waals surface area contributed by atoms with Gasteiger partial charge in [-0.15, -0.1) is 0 Å². The van der Waals surface area contributed by atoms with Crippen LogP contribution in [0.5, 0.6) is 0 Å². The monoisotopic (exact) mass is 486 g/mol. The topological polar surface area (TPSA) is 66.9 Å². The number of hydrogen-bond donors (Lipinski definition) is 0. The summed E-state index contributed by atoms with van der Waals surface area (Å²) in [6, 6.07) is 8.71. The van der Waals surface area contributed by atoms with E-state index in [0.717, 1.165) is 12.8 Å². The third kappa shape index (κ3) is 4.73. The van der Waals surface area contributed by atoms with Crippen molar-refractivity contribution in [2.24, 2.45) is 0 Å². The lowest BCUT2D eigenvalue weighted by Crippen LogP contribution is -2.40. The molecule has 0 bridgehead atoms. The van der Waals surface area contributed by atoms with Gasteiger partial charge in [-0.3, -0.25) is 4.79 Å². The maximum Gasteiger partial charge on any atom is 0.255 e. The van der Waals surface area contributed by atoms with Gasteiger partial charge in [0.15, 0.2) is 0 Å². The van der Waals surface area contributed by atoms with Gasteiger partial charge in [0.2, 0.25) is 10.0 Å². The van der Waals surface area contributed by atoms with Gasteiger partial charge in [0.05, 0.1) is 28.8 Å². The van der Waals surface area contributed by atoms with Gasteiger partial charge < -0.3 is 9.64 Å². The molecule has 1 saturated carbocycles. The number of halogens is 3. The quantitative estimate of drug-likeness (QED) is 0.619. The highest BCUT2D eigenvalue weighted by atomic mass is 35.5. The lowest BCUT2D eigenvalue weighted by Gasteiger charge is -2.27. The summed E-state index contributed by atoms with van der Waals surface area (Å²) in [5.74, 6) is -0.857. The average Bonchev–Trinajstić information content (AvgIpc) is 3.58. The molecule has 0 unspecified atom stereocenters. The van der Waals surface area contributed by atoms with Crippen molar-refractivity contribution in [1.29, 1.82) is 0 Å². The number of ether oxygens (including phenoxy) is 1. The van der Waals surface area contributed by atoms with Crippen LogP contribution in [0.1, 0.15) is 28.8 Å². The fourth-order valence-electron chi connectivity index (χ4n) is 3.53. The number of sulfonamides is 1. The molecular weight excluding hydrogens is 466 g/mol. The predicted molar refractivity (Wildman–Crippen MR) is 115 cm³/mol. The highest BCUT2D eigenvalue weighted by Crippen LogP contribution is 2.35. The van der Waals surface area contributed by atoms with Gasteiger partial charge in [0.25, 0.3) is 5.91 Å². The molecule has 0 N–H and O–H groups in total. The largest absolute Gasteiger partial charge is 0.379 e. The second-order valence-corrected chi connectivity index (χ2v) is 10.3. The normalized spacial score (nSPS) is 17.5. The highest BCUT2D eigenvalue weighted by Gasteiger charge is 2.36. The Hall–Kier alpha value is -1.71. The lowest BCUT2D eigenvalue weighted by molar-refractivity contribution is 0.0724. The first-order valence-corrected chi connectivity index (χ1v) is 12.1. The number of carbonyl (C=O) groups excluding carboxylic acids is 1. The van der Waals surface area contributed by atoms with Crippen LogP contribution in [0, 0.1) is 5.82 Å². The number of benzene rings is 2. The van der Waals surface area contributed by atoms with E-state index < -0.39 is 21.7 Å². The molecule has 10 heteroatoms. The van der Waals surface area contributed by atoms with E-state index in [1.54, 1.807) is 23.1 Å². The van der Waals surface area contributed by atoms with Gasteiger partial charge in [0.1, 0.15) is 10.7 Å². The summed E-state index contributed by atoms with van der Waals surface area (Å²) in [6.45, 7) is 1.04. The summed E-state index contributed by atoms with van der Waals surface area (Å²) in [5.41, 5.74) is 0.412. The van der Waals surface area contributed by atoms with Crippen LogP contribution in [0.4, 0.5) is 4.39 Å². The molecule has 0 atom stereocenters. The van der Waals surface area contributed by atoms with Gasteiger partial charge >= 0.3 is 0 Å². The molecule has 31 heavy (non-hydrogen) atoms. The Morgan fingerprint density at radius 3 is 2.45 bits per heavy atom. The Labute approximate surface area is 190 Å². The first kappa shape index (κ1) is 22.5. The van der Waals surface area contributed by atoms with E-state index in [4.69, 9.17) is 27.9 Å². The van der Waals surface area contributed by atoms with Crippen LogP contribution in [0.3, 0.4) is 0 Å². The second-order valence-electron chi connectivity index (χ2n) is 7.53. The van der Waals surface area contributed by atoms with E-state index in [1.807, 2.05) is 0 Å². The van der Waals surface area contributed by atoms with Crippen molar-refractivity contribution in [2.45, 2.75) is 30.3 Å². The van der Waals surface area contributed by atoms with Crippen molar-refractivity contribution in [2.75, 3.05) is 26.3 Å². The van der Waals surface area contributed by atoms with Crippen LogP contribution >= 0.6 is 23.2 Å². The van der Waals surface area contributed by atoms with Crippen molar-refractivity contribution in [1.82, 2.24) is 9.21 Å². The zero-order chi connectivity index (χ0) is 22.2. The predicted octanol–water partition coefficient (Wildman–Crippen LogP) is 3.96. The van der Waals surface area contributed by atoms with Crippen molar-refractivity contribution < 1.29 is 22.3 Å². The molecule has 2 aromatic rings. The maximum absolute atomic E-state index is 14.2. The zero-order valence-corrected chi connectivity index (χ0v) is 18.9. The summed E-state index contributed by atoms with van der Waals surface area (Å²) < 4.78 is 46.9. The van der Waals surface area contributed by atoms with Crippen LogP contribution in [0.15, 0.2) is 41.3 Å². The van der Waals surface area contributed by atoms with Gasteiger partial charge in [-0.25, -0.2) is 12.8 Å². The molecule has 166 valence electrons. The number of rotatable bonds is 6. The van der Waals surface area contributed by atoms with E-state index >= 15 is 0 Å². The Morgan fingerprint density at radius 2 is 1.81 bits per heavy atom. The SMILES string of the molecule is O=C(c1cc(S(=O)(=O)N2CCOCC2)c(Cl)cc1Cl)N(Cc1ccccc1F)C1CC1. The van der Waals surface area contributed by atoms with Crippen molar-refractivity contribution >= 4 is 39.1 Å². The molecule has 1 heterocycles. The van der Waals surface area contributed by atoms with Gasteiger partial charge in [-0.05, 0) is 31.0 Å². The van der Waals surface area contributed by atoms with Crippen LogP contribution < -0.4 is 0 Å². The summed E-state index contributed by atoms with van der Waals surface area (Å²) in [6.07, 6.45) is 1.59. The molecule has 2 aromatic carbocycles. The number of morpholine rings is 1. The van der Waals surface area contributed by atoms with Gasteiger partial charge in [-0.1, -0.05) is 41.4 Å². The first-order valence-electron chi connectivity index (χ1n) is 9.90. The Bertz CT molecular complexity index is 1100. The third-order valence-corrected chi connectivity index (χ3v) is 8.06. The van der Waals surface area contributed by atoms with E-state index in [1.165, 1.54) is 22.5 Å². The molecule has 0 spiro atoms. The van der Waals surface area contributed by atoms with Crippen LogP contribution in [-0.2, 0) is 21.3 Å². The molecule has 6 nitrogen and oxygen atoms in total. The van der Waals surface area contributed by atoms with Crippen LogP contribution in [0.2, 0.25) is 10.0 Å². The second kappa shape index (κ2) is 9.03. The fraction of sp³-hybridized carbons (Fsp3) is 0.381. The van der Waals surface area contributed by atoms with Crippen molar-refractivity contribution in [3.63, 3.8) is 0 Å². The van der Waals surface area contributed by atoms with E-state index in [9.17, 15) is 17.6 Å². The molecule has 1 saturated heterocycles. The molecule has 0 aromatic heterocycles. The molecule has 2 fully saturated rings. The standard InChI is InChI=1S/C21H21Cl2FN2O4S/c22-17-12-18(23)20(31(28,29)25-7-9-30-10-8-25)11-16(17)21(27)26(15-5-6-15)13-14-3-1-2-4-19(14)24/h1-4,11-12,15H,5-10,13H2. The Balaban J connectivity index is 1.68. The number of carbonyl (C=O) groups is 1. The molecule has 0 radical (unpaired) electrons. The zero-order valence-electron chi connectivity index (χ0n) is 16.6. The van der Waals surface area contributed by atoms with Gasteiger partial charge in [-0.2, -0.15) is 4.31 Å². The molecule has 4 rings (SSSR count). The van der Waals surface area contributed by atoms with Crippen molar-refractivity contribution in [3.8, 4) is 0 Å². The van der Waals surface area contributed by atoms with Gasteiger partial charge in [0, 0.05) is 31.2 Å². The summed E-state index contributed by atoms with van der Waals surface area (Å²) in [5, 5.41) is -0.00442. The Kier molecular flexibility index (Phi) is 6.55. The molecule has 2 aliphatic rings. The minimum absolute atomic E-state index is 0.0288. The third-order valence-electron chi connectivity index (χ3n) is 5.39. The Morgan fingerprint density at radius 1 is 1.13 bits per heavy atom. The minimum atomic E-state index is -3.93. The highest BCUT2D eigenvalue weighted by molar-refractivity contribution is 7.89. The van der Waals surface area contributed by atoms with E-state index in [0.29, 0.717) is 5.56 Å². The minimum Gasteiger partial charge on any atom is -0.379 e. The number of amides is 1. The fourth-order valence-corrected chi connectivity index (χ4v) is 5.77. The molecular formula is C21H21Cl2FN2O4S. The molecule has 1 amide bonds. The maximum atomic E-state index is 14.2.